The lowest BCUT2D eigenvalue weighted by atomic mass is 10.1. The second kappa shape index (κ2) is 12.9. The molecule has 0 aliphatic carbocycles. The van der Waals surface area contributed by atoms with E-state index in [1.807, 2.05) is 36.8 Å². The monoisotopic (exact) mass is 557 g/mol. The van der Waals surface area contributed by atoms with Crippen LogP contribution in [0, 0.1) is 0 Å². The van der Waals surface area contributed by atoms with Gasteiger partial charge in [-0.3, -0.25) is 4.79 Å². The van der Waals surface area contributed by atoms with Crippen molar-refractivity contribution in [2.45, 2.75) is 32.4 Å². The number of rotatable bonds is 10. The highest BCUT2D eigenvalue weighted by Gasteiger charge is 2.19. The van der Waals surface area contributed by atoms with Crippen molar-refractivity contribution >= 4 is 34.6 Å². The van der Waals surface area contributed by atoms with E-state index in [2.05, 4.69) is 67.9 Å². The lowest BCUT2D eigenvalue weighted by Gasteiger charge is -2.37. The fourth-order valence-corrected chi connectivity index (χ4v) is 5.14. The van der Waals surface area contributed by atoms with Crippen LogP contribution in [0.3, 0.4) is 0 Å². The molecule has 2 heterocycles. The lowest BCUT2D eigenvalue weighted by molar-refractivity contribution is -0.116. The van der Waals surface area contributed by atoms with Crippen LogP contribution < -0.4 is 19.4 Å². The maximum atomic E-state index is 11.6. The van der Waals surface area contributed by atoms with E-state index >= 15 is 0 Å². The van der Waals surface area contributed by atoms with Crippen LogP contribution in [0.25, 0.3) is 0 Å². The van der Waals surface area contributed by atoms with Gasteiger partial charge in [0.15, 0.2) is 0 Å². The van der Waals surface area contributed by atoms with Crippen molar-refractivity contribution in [1.29, 1.82) is 0 Å². The van der Waals surface area contributed by atoms with E-state index in [1.165, 1.54) is 16.9 Å². The summed E-state index contributed by atoms with van der Waals surface area (Å²) in [6.07, 6.45) is 7.42. The van der Waals surface area contributed by atoms with E-state index in [0.717, 1.165) is 62.0 Å². The molecular formula is C32H36ClN5O2. The molecule has 1 amide bonds. The number of piperazine rings is 1. The largest absolute Gasteiger partial charge is 0.489 e. The Morgan fingerprint density at radius 1 is 0.925 bits per heavy atom. The number of ether oxygens (including phenoxy) is 1. The van der Waals surface area contributed by atoms with Crippen LogP contribution in [-0.2, 0) is 17.8 Å². The number of benzene rings is 3. The van der Waals surface area contributed by atoms with Crippen molar-refractivity contribution in [2.75, 3.05) is 47.9 Å². The molecule has 4 aromatic rings. The number of nitrogens with zero attached hydrogens (tertiary/aromatic N) is 5. The fourth-order valence-electron chi connectivity index (χ4n) is 5.02. The van der Waals surface area contributed by atoms with Crippen LogP contribution in [0.5, 0.6) is 5.75 Å². The number of hydrogen-bond acceptors (Lipinski definition) is 5. The Bertz CT molecular complexity index is 1350. The Morgan fingerprint density at radius 3 is 2.08 bits per heavy atom. The van der Waals surface area contributed by atoms with Crippen LogP contribution in [0.2, 0.25) is 5.02 Å². The first-order chi connectivity index (χ1) is 19.4. The first kappa shape index (κ1) is 27.6. The van der Waals surface area contributed by atoms with Gasteiger partial charge < -0.3 is 24.0 Å². The minimum atomic E-state index is 0.0147. The van der Waals surface area contributed by atoms with Gasteiger partial charge in [0.05, 0.1) is 12.9 Å². The van der Waals surface area contributed by atoms with E-state index in [1.54, 1.807) is 25.1 Å². The number of imidazole rings is 1. The van der Waals surface area contributed by atoms with Crippen molar-refractivity contribution in [3.05, 3.63) is 102 Å². The molecule has 8 heteroatoms. The third-order valence-corrected chi connectivity index (χ3v) is 7.75. The van der Waals surface area contributed by atoms with Gasteiger partial charge in [0.2, 0.25) is 5.91 Å². The SMILES string of the molecule is CC(=O)N(C)c1ccc(N2CCN(c3ccc(OC(CCc4ccc(Cl)cc4)Cn4ccnc4)cc3)CC2)cc1. The Labute approximate surface area is 241 Å². The average molecular weight is 558 g/mol. The van der Waals surface area contributed by atoms with Crippen molar-refractivity contribution in [3.63, 3.8) is 0 Å². The van der Waals surface area contributed by atoms with Gasteiger partial charge in [-0.25, -0.2) is 4.98 Å². The number of carbonyl (C=O) groups is 1. The quantitative estimate of drug-likeness (QED) is 0.242. The van der Waals surface area contributed by atoms with E-state index < -0.39 is 0 Å². The zero-order valence-corrected chi connectivity index (χ0v) is 23.9. The molecule has 7 nitrogen and oxygen atoms in total. The number of anilines is 3. The molecule has 0 spiro atoms. The van der Waals surface area contributed by atoms with Crippen LogP contribution in [0.15, 0.2) is 91.5 Å². The molecule has 3 aromatic carbocycles. The maximum absolute atomic E-state index is 11.6. The molecule has 0 radical (unpaired) electrons. The highest BCUT2D eigenvalue weighted by atomic mass is 35.5. The first-order valence-corrected chi connectivity index (χ1v) is 14.1. The van der Waals surface area contributed by atoms with E-state index in [-0.39, 0.29) is 12.0 Å². The molecule has 208 valence electrons. The average Bonchev–Trinajstić information content (AvgIpc) is 3.50. The van der Waals surface area contributed by atoms with Crippen molar-refractivity contribution in [2.24, 2.45) is 0 Å². The molecule has 1 atom stereocenters. The van der Waals surface area contributed by atoms with Crippen LogP contribution in [-0.4, -0.2) is 54.8 Å². The van der Waals surface area contributed by atoms with Gasteiger partial charge >= 0.3 is 0 Å². The second-order valence-electron chi connectivity index (χ2n) is 10.2. The summed E-state index contributed by atoms with van der Waals surface area (Å²) < 4.78 is 8.53. The topological polar surface area (TPSA) is 53.8 Å². The normalized spacial score (nSPS) is 14.2. The molecule has 5 rings (SSSR count). The Hall–Kier alpha value is -3.97. The lowest BCUT2D eigenvalue weighted by Crippen LogP contribution is -2.46. The van der Waals surface area contributed by atoms with Gasteiger partial charge in [-0.05, 0) is 79.1 Å². The third-order valence-electron chi connectivity index (χ3n) is 7.50. The zero-order valence-electron chi connectivity index (χ0n) is 23.1. The summed E-state index contributed by atoms with van der Waals surface area (Å²) in [5.41, 5.74) is 4.55. The summed E-state index contributed by atoms with van der Waals surface area (Å²) in [5, 5.41) is 0.754. The van der Waals surface area contributed by atoms with Crippen LogP contribution in [0.1, 0.15) is 18.9 Å². The van der Waals surface area contributed by atoms with Crippen molar-refractivity contribution in [1.82, 2.24) is 9.55 Å². The summed E-state index contributed by atoms with van der Waals surface area (Å²) in [7, 11) is 1.80. The summed E-state index contributed by atoms with van der Waals surface area (Å²) >= 11 is 6.05. The minimum absolute atomic E-state index is 0.0147. The molecule has 1 aliphatic rings. The highest BCUT2D eigenvalue weighted by molar-refractivity contribution is 6.30. The van der Waals surface area contributed by atoms with Crippen molar-refractivity contribution < 1.29 is 9.53 Å². The predicted octanol–water partition coefficient (Wildman–Crippen LogP) is 5.93. The number of aromatic nitrogens is 2. The molecule has 1 aromatic heterocycles. The van der Waals surface area contributed by atoms with Crippen molar-refractivity contribution in [3.8, 4) is 5.75 Å². The number of aryl methyl sites for hydroxylation is 1. The van der Waals surface area contributed by atoms with Gasteiger partial charge in [-0.1, -0.05) is 23.7 Å². The summed E-state index contributed by atoms with van der Waals surface area (Å²) in [6, 6.07) is 24.7. The number of carbonyl (C=O) groups excluding carboxylic acids is 1. The molecule has 1 unspecified atom stereocenters. The van der Waals surface area contributed by atoms with E-state index in [9.17, 15) is 4.79 Å². The van der Waals surface area contributed by atoms with Crippen LogP contribution >= 0.6 is 11.6 Å². The van der Waals surface area contributed by atoms with E-state index in [0.29, 0.717) is 0 Å². The Kier molecular flexibility index (Phi) is 8.91. The number of hydrogen-bond donors (Lipinski definition) is 0. The molecular weight excluding hydrogens is 522 g/mol. The molecule has 0 saturated carbocycles. The minimum Gasteiger partial charge on any atom is -0.489 e. The van der Waals surface area contributed by atoms with Gasteiger partial charge in [0.25, 0.3) is 0 Å². The first-order valence-electron chi connectivity index (χ1n) is 13.8. The van der Waals surface area contributed by atoms with Gasteiger partial charge in [-0.2, -0.15) is 0 Å². The highest BCUT2D eigenvalue weighted by Crippen LogP contribution is 2.26. The maximum Gasteiger partial charge on any atom is 0.223 e. The Morgan fingerprint density at radius 2 is 1.52 bits per heavy atom. The molecule has 0 N–H and O–H groups in total. The molecule has 1 fully saturated rings. The number of amides is 1. The van der Waals surface area contributed by atoms with Gasteiger partial charge in [0, 0.05) is 74.6 Å². The summed E-state index contributed by atoms with van der Waals surface area (Å²) in [4.78, 5) is 22.3. The van der Waals surface area contributed by atoms with Gasteiger partial charge in [-0.15, -0.1) is 0 Å². The standard InChI is InChI=1S/C32H36ClN5O2/c1-25(39)35(2)28-8-10-29(11-9-28)37-19-21-38(22-20-37)30-12-15-31(16-13-30)40-32(23-36-18-17-34-24-36)14-5-26-3-6-27(33)7-4-26/h3-4,6-13,15-18,24,32H,5,14,19-23H2,1-2H3. The fraction of sp³-hybridized carbons (Fsp3) is 0.312. The molecule has 0 bridgehead atoms. The second-order valence-corrected chi connectivity index (χ2v) is 10.7. The predicted molar refractivity (Wildman–Crippen MR) is 163 cm³/mol. The number of halogens is 1. The molecule has 1 aliphatic heterocycles. The van der Waals surface area contributed by atoms with Crippen LogP contribution in [0.4, 0.5) is 17.1 Å². The Balaban J connectivity index is 1.16. The summed E-state index contributed by atoms with van der Waals surface area (Å²) in [5.74, 6) is 0.906. The zero-order chi connectivity index (χ0) is 27.9. The third kappa shape index (κ3) is 7.16. The summed E-state index contributed by atoms with van der Waals surface area (Å²) in [6.45, 7) is 6.09. The molecule has 1 saturated heterocycles. The van der Waals surface area contributed by atoms with E-state index in [4.69, 9.17) is 16.3 Å². The molecule has 40 heavy (non-hydrogen) atoms. The van der Waals surface area contributed by atoms with Gasteiger partial charge in [0.1, 0.15) is 11.9 Å². The smallest absolute Gasteiger partial charge is 0.223 e.